The van der Waals surface area contributed by atoms with Crippen molar-refractivity contribution >= 4 is 12.4 Å². The Morgan fingerprint density at radius 1 is 1.00 bits per heavy atom. The van der Waals surface area contributed by atoms with Gasteiger partial charge in [-0.05, 0) is 42.9 Å². The predicted molar refractivity (Wildman–Crippen MR) is 105 cm³/mol. The molecule has 0 saturated heterocycles. The molecular formula is C20H36ClNO2. The SMILES string of the molecule is CCCCCCCOc1ccc([C@H](N)CC(CO)CCC)cc1.Cl. The smallest absolute Gasteiger partial charge is 0.119 e. The summed E-state index contributed by atoms with van der Waals surface area (Å²) in [5, 5.41) is 9.40. The number of hydrogen-bond donors (Lipinski definition) is 2. The molecule has 0 radical (unpaired) electrons. The van der Waals surface area contributed by atoms with E-state index in [-0.39, 0.29) is 25.1 Å². The van der Waals surface area contributed by atoms with Crippen molar-refractivity contribution in [3.63, 3.8) is 0 Å². The summed E-state index contributed by atoms with van der Waals surface area (Å²) in [7, 11) is 0. The van der Waals surface area contributed by atoms with Gasteiger partial charge in [0.1, 0.15) is 5.75 Å². The van der Waals surface area contributed by atoms with E-state index in [4.69, 9.17) is 10.5 Å². The zero-order chi connectivity index (χ0) is 16.9. The number of nitrogens with two attached hydrogens (primary N) is 1. The maximum absolute atomic E-state index is 9.40. The molecule has 0 saturated carbocycles. The summed E-state index contributed by atoms with van der Waals surface area (Å²) < 4.78 is 5.78. The van der Waals surface area contributed by atoms with Crippen molar-refractivity contribution in [2.75, 3.05) is 13.2 Å². The first kappa shape index (κ1) is 23.2. The fraction of sp³-hybridized carbons (Fsp3) is 0.700. The first-order valence-corrected chi connectivity index (χ1v) is 9.30. The first-order chi connectivity index (χ1) is 11.2. The Balaban J connectivity index is 0.00000529. The van der Waals surface area contributed by atoms with Gasteiger partial charge in [0.15, 0.2) is 0 Å². The molecule has 3 N–H and O–H groups in total. The fourth-order valence-corrected chi connectivity index (χ4v) is 2.89. The molecule has 0 fully saturated rings. The molecule has 3 nitrogen and oxygen atoms in total. The van der Waals surface area contributed by atoms with Crippen molar-refractivity contribution in [1.82, 2.24) is 0 Å². The van der Waals surface area contributed by atoms with E-state index in [2.05, 4.69) is 26.0 Å². The van der Waals surface area contributed by atoms with Gasteiger partial charge in [-0.2, -0.15) is 0 Å². The van der Waals surface area contributed by atoms with E-state index in [1.54, 1.807) is 0 Å². The van der Waals surface area contributed by atoms with Crippen LogP contribution in [0.3, 0.4) is 0 Å². The van der Waals surface area contributed by atoms with Crippen LogP contribution in [0.1, 0.15) is 76.8 Å². The molecule has 0 aliphatic rings. The molecule has 0 aliphatic carbocycles. The summed E-state index contributed by atoms with van der Waals surface area (Å²) in [6.07, 6.45) is 9.22. The molecule has 0 spiro atoms. The van der Waals surface area contributed by atoms with E-state index in [1.165, 1.54) is 25.7 Å². The highest BCUT2D eigenvalue weighted by molar-refractivity contribution is 5.85. The standard InChI is InChI=1S/C20H35NO2.ClH/c1-3-5-6-7-8-14-23-19-12-10-18(11-13-19)20(21)15-17(16-22)9-4-2;/h10-13,17,20,22H,3-9,14-16,21H2,1-2H3;1H/t17?,20-;/m1./s1. The average molecular weight is 358 g/mol. The van der Waals surface area contributed by atoms with Gasteiger partial charge in [0, 0.05) is 12.6 Å². The molecule has 0 heterocycles. The van der Waals surface area contributed by atoms with Crippen LogP contribution in [-0.2, 0) is 0 Å². The zero-order valence-corrected chi connectivity index (χ0v) is 16.2. The van der Waals surface area contributed by atoms with Crippen molar-refractivity contribution < 1.29 is 9.84 Å². The van der Waals surface area contributed by atoms with E-state index in [0.717, 1.165) is 43.6 Å². The van der Waals surface area contributed by atoms with Crippen molar-refractivity contribution in [2.45, 2.75) is 71.3 Å². The summed E-state index contributed by atoms with van der Waals surface area (Å²) in [4.78, 5) is 0. The van der Waals surface area contributed by atoms with Gasteiger partial charge in [-0.3, -0.25) is 0 Å². The van der Waals surface area contributed by atoms with Crippen LogP contribution in [0.15, 0.2) is 24.3 Å². The largest absolute Gasteiger partial charge is 0.494 e. The lowest BCUT2D eigenvalue weighted by molar-refractivity contribution is 0.202. The summed E-state index contributed by atoms with van der Waals surface area (Å²) in [5.41, 5.74) is 7.39. The molecular weight excluding hydrogens is 322 g/mol. The van der Waals surface area contributed by atoms with Gasteiger partial charge < -0.3 is 15.6 Å². The van der Waals surface area contributed by atoms with Crippen molar-refractivity contribution in [3.05, 3.63) is 29.8 Å². The second-order valence-electron chi connectivity index (χ2n) is 6.51. The lowest BCUT2D eigenvalue weighted by atomic mass is 9.93. The second kappa shape index (κ2) is 14.6. The second-order valence-corrected chi connectivity index (χ2v) is 6.51. The maximum Gasteiger partial charge on any atom is 0.119 e. The van der Waals surface area contributed by atoms with E-state index >= 15 is 0 Å². The third-order valence-electron chi connectivity index (χ3n) is 4.37. The summed E-state index contributed by atoms with van der Waals surface area (Å²) in [6.45, 7) is 5.38. The first-order valence-electron chi connectivity index (χ1n) is 9.30. The lowest BCUT2D eigenvalue weighted by Crippen LogP contribution is -2.17. The van der Waals surface area contributed by atoms with Gasteiger partial charge in [0.2, 0.25) is 0 Å². The maximum atomic E-state index is 9.40. The summed E-state index contributed by atoms with van der Waals surface area (Å²) >= 11 is 0. The number of aliphatic hydroxyl groups excluding tert-OH is 1. The molecule has 1 aromatic carbocycles. The molecule has 1 unspecified atom stereocenters. The number of aliphatic hydroxyl groups is 1. The third-order valence-corrected chi connectivity index (χ3v) is 4.37. The van der Waals surface area contributed by atoms with Crippen LogP contribution in [0.2, 0.25) is 0 Å². The van der Waals surface area contributed by atoms with E-state index in [9.17, 15) is 5.11 Å². The summed E-state index contributed by atoms with van der Waals surface area (Å²) in [6, 6.07) is 8.11. The minimum atomic E-state index is -0.0122. The Hall–Kier alpha value is -0.770. The Labute approximate surface area is 154 Å². The van der Waals surface area contributed by atoms with Crippen molar-refractivity contribution in [1.29, 1.82) is 0 Å². The highest BCUT2D eigenvalue weighted by Crippen LogP contribution is 2.24. The highest BCUT2D eigenvalue weighted by atomic mass is 35.5. The number of benzene rings is 1. The van der Waals surface area contributed by atoms with Crippen LogP contribution in [0.25, 0.3) is 0 Å². The van der Waals surface area contributed by atoms with Gasteiger partial charge in [0.05, 0.1) is 6.61 Å². The topological polar surface area (TPSA) is 55.5 Å². The highest BCUT2D eigenvalue weighted by Gasteiger charge is 2.13. The lowest BCUT2D eigenvalue weighted by Gasteiger charge is -2.19. The van der Waals surface area contributed by atoms with Crippen molar-refractivity contribution in [2.24, 2.45) is 11.7 Å². The number of rotatable bonds is 13. The van der Waals surface area contributed by atoms with Crippen LogP contribution in [0, 0.1) is 5.92 Å². The molecule has 1 aromatic rings. The Bertz CT molecular complexity index is 397. The third kappa shape index (κ3) is 9.51. The summed E-state index contributed by atoms with van der Waals surface area (Å²) in [5.74, 6) is 1.22. The Kier molecular flexibility index (Phi) is 14.1. The van der Waals surface area contributed by atoms with Crippen molar-refractivity contribution in [3.8, 4) is 5.75 Å². The fourth-order valence-electron chi connectivity index (χ4n) is 2.89. The molecule has 0 amide bonds. The Morgan fingerprint density at radius 2 is 1.67 bits per heavy atom. The van der Waals surface area contributed by atoms with E-state index in [0.29, 0.717) is 5.92 Å². The average Bonchev–Trinajstić information content (AvgIpc) is 2.58. The minimum absolute atomic E-state index is 0. The number of halogens is 1. The van der Waals surface area contributed by atoms with Crippen LogP contribution in [0.5, 0.6) is 5.75 Å². The van der Waals surface area contributed by atoms with E-state index < -0.39 is 0 Å². The molecule has 4 heteroatoms. The van der Waals surface area contributed by atoms with Crippen LogP contribution in [-0.4, -0.2) is 18.3 Å². The van der Waals surface area contributed by atoms with Gasteiger partial charge in [-0.25, -0.2) is 0 Å². The normalized spacial score (nSPS) is 13.2. The quantitative estimate of drug-likeness (QED) is 0.473. The molecule has 140 valence electrons. The van der Waals surface area contributed by atoms with Crippen LogP contribution in [0.4, 0.5) is 0 Å². The van der Waals surface area contributed by atoms with E-state index in [1.807, 2.05) is 12.1 Å². The molecule has 2 atom stereocenters. The Morgan fingerprint density at radius 3 is 2.25 bits per heavy atom. The van der Waals surface area contributed by atoms with Gasteiger partial charge >= 0.3 is 0 Å². The van der Waals surface area contributed by atoms with Crippen LogP contribution >= 0.6 is 12.4 Å². The molecule has 0 aliphatic heterocycles. The van der Waals surface area contributed by atoms with Gasteiger partial charge in [-0.15, -0.1) is 12.4 Å². The minimum Gasteiger partial charge on any atom is -0.494 e. The number of unbranched alkanes of at least 4 members (excludes halogenated alkanes) is 4. The predicted octanol–water partition coefficient (Wildman–Crippen LogP) is 5.26. The van der Waals surface area contributed by atoms with Gasteiger partial charge in [-0.1, -0.05) is 58.1 Å². The number of ether oxygens (including phenoxy) is 1. The van der Waals surface area contributed by atoms with Crippen LogP contribution < -0.4 is 10.5 Å². The monoisotopic (exact) mass is 357 g/mol. The molecule has 24 heavy (non-hydrogen) atoms. The number of hydrogen-bond acceptors (Lipinski definition) is 3. The zero-order valence-electron chi connectivity index (χ0n) is 15.4. The molecule has 1 rings (SSSR count). The molecule has 0 bridgehead atoms. The molecule has 0 aromatic heterocycles. The van der Waals surface area contributed by atoms with Gasteiger partial charge in [0.25, 0.3) is 0 Å².